The Morgan fingerprint density at radius 1 is 0.576 bits per heavy atom. The highest BCUT2D eigenvalue weighted by Crippen LogP contribution is 2.21. The third-order valence-corrected chi connectivity index (χ3v) is 8.73. The van der Waals surface area contributed by atoms with Gasteiger partial charge in [0.05, 0.1) is 25.6 Å². The number of amides is 2. The summed E-state index contributed by atoms with van der Waals surface area (Å²) in [6.45, 7) is 4.13. The summed E-state index contributed by atoms with van der Waals surface area (Å²) >= 11 is 16.6. The molecule has 14 nitrogen and oxygen atoms in total. The Labute approximate surface area is 403 Å². The van der Waals surface area contributed by atoms with E-state index in [4.69, 9.17) is 67.0 Å². The van der Waals surface area contributed by atoms with Crippen molar-refractivity contribution >= 4 is 75.3 Å². The van der Waals surface area contributed by atoms with Crippen molar-refractivity contribution in [3.05, 3.63) is 188 Å². The molecule has 0 aliphatic heterocycles. The van der Waals surface area contributed by atoms with Crippen LogP contribution in [0.25, 0.3) is 0 Å². The number of aliphatic hydroxyl groups excluding tert-OH is 2. The molecule has 10 N–H and O–H groups in total. The summed E-state index contributed by atoms with van der Waals surface area (Å²) in [5.74, 6) is 0.219. The van der Waals surface area contributed by atoms with E-state index >= 15 is 0 Å². The van der Waals surface area contributed by atoms with Crippen LogP contribution in [0.15, 0.2) is 134 Å². The van der Waals surface area contributed by atoms with Gasteiger partial charge in [-0.05, 0) is 91.2 Å². The Hall–Kier alpha value is -6.81. The Morgan fingerprint density at radius 2 is 1.02 bits per heavy atom. The molecule has 0 radical (unpaired) electrons. The molecule has 0 saturated heterocycles. The lowest BCUT2D eigenvalue weighted by atomic mass is 10.1. The van der Waals surface area contributed by atoms with E-state index < -0.39 is 0 Å². The minimum absolute atomic E-state index is 0. The third-order valence-electron chi connectivity index (χ3n) is 8.09. The fraction of sp³-hybridized carbons (Fsp3) is 0.184. The van der Waals surface area contributed by atoms with E-state index in [1.807, 2.05) is 92.7 Å². The van der Waals surface area contributed by atoms with Gasteiger partial charge in [-0.3, -0.25) is 9.59 Å². The number of nitrogens with two attached hydrogens (primary N) is 3. The van der Waals surface area contributed by atoms with Crippen LogP contribution in [0.5, 0.6) is 5.88 Å². The summed E-state index contributed by atoms with van der Waals surface area (Å²) in [5.41, 5.74) is 24.2. The van der Waals surface area contributed by atoms with Crippen molar-refractivity contribution in [1.82, 2.24) is 19.9 Å². The number of rotatable bonds is 9. The standard InChI is InChI=1S/C19H17ClN4O2.C15H15NO2.C7H9NO.C4H3Cl2N3.4CH4/c1-12-4-2-6-14(8-12)18(25)23-15-7-3-5-13(9-15)11-26-19-17(21)22-10-16(20)24-19;1-11-4-2-6-13(8-11)15(18)16-14-7-3-5-12(9-14)10-17;8-7-3-1-2-6(4-7)5-9;5-2-1-8-4(7)3(6)9-2;;;;/h2-10H,11H2,1H3,(H2,21,22)(H,23,25);2-9,17H,10H2,1H3,(H,16,18);1-4,9H,5,8H2;1H,(H2,7,8);4*1H4. The largest absolute Gasteiger partial charge is 0.470 e. The van der Waals surface area contributed by atoms with Crippen LogP contribution in [0.1, 0.15) is 78.2 Å². The molecule has 352 valence electrons. The van der Waals surface area contributed by atoms with Gasteiger partial charge in [-0.15, -0.1) is 0 Å². The Balaban J connectivity index is 0.000000918. The zero-order valence-electron chi connectivity index (χ0n) is 33.6. The molecule has 5 aromatic carbocycles. The molecule has 66 heavy (non-hydrogen) atoms. The van der Waals surface area contributed by atoms with Gasteiger partial charge < -0.3 is 42.8 Å². The van der Waals surface area contributed by atoms with E-state index in [9.17, 15) is 9.59 Å². The van der Waals surface area contributed by atoms with E-state index in [0.717, 1.165) is 27.8 Å². The highest BCUT2D eigenvalue weighted by Gasteiger charge is 2.09. The lowest BCUT2D eigenvalue weighted by Crippen LogP contribution is -2.12. The van der Waals surface area contributed by atoms with Crippen LogP contribution in [0, 0.1) is 13.8 Å². The second-order valence-electron chi connectivity index (χ2n) is 13.1. The van der Waals surface area contributed by atoms with Crippen LogP contribution in [0.4, 0.5) is 28.7 Å². The number of carbonyl (C=O) groups is 2. The number of aromatic nitrogens is 4. The summed E-state index contributed by atoms with van der Waals surface area (Å²) in [5, 5.41) is 23.9. The highest BCUT2D eigenvalue weighted by molar-refractivity contribution is 6.33. The number of anilines is 5. The summed E-state index contributed by atoms with van der Waals surface area (Å²) in [7, 11) is 0. The normalized spacial score (nSPS) is 9.44. The van der Waals surface area contributed by atoms with Gasteiger partial charge in [0, 0.05) is 28.2 Å². The average Bonchev–Trinajstić information content (AvgIpc) is 3.26. The van der Waals surface area contributed by atoms with Crippen molar-refractivity contribution in [2.24, 2.45) is 0 Å². The van der Waals surface area contributed by atoms with Gasteiger partial charge in [0.2, 0.25) is 0 Å². The van der Waals surface area contributed by atoms with Gasteiger partial charge in [-0.1, -0.05) is 136 Å². The maximum absolute atomic E-state index is 12.3. The average molecular weight is 961 g/mol. The van der Waals surface area contributed by atoms with Crippen LogP contribution in [-0.2, 0) is 19.8 Å². The molecule has 17 heteroatoms. The Bertz CT molecular complexity index is 2580. The number of aliphatic hydroxyl groups is 2. The molecule has 0 fully saturated rings. The molecule has 7 aromatic rings. The summed E-state index contributed by atoms with van der Waals surface area (Å²) < 4.78 is 5.57. The number of ether oxygens (including phenoxy) is 1. The van der Waals surface area contributed by atoms with Gasteiger partial charge in [0.25, 0.3) is 17.7 Å². The number of nitrogens with one attached hydrogen (secondary N) is 2. The second-order valence-corrected chi connectivity index (χ2v) is 14.3. The van der Waals surface area contributed by atoms with Crippen LogP contribution < -0.4 is 32.6 Å². The SMILES string of the molecule is C.C.C.C.Cc1cccc(C(=O)Nc2cccc(CO)c2)c1.Cc1cccc(C(=O)Nc2cccc(COc3nc(Cl)cnc3N)c2)c1.Nc1cccc(CO)c1.Nc1ncc(Cl)nc1Cl. The number of benzene rings is 5. The molecule has 2 heterocycles. The fourth-order valence-corrected chi connectivity index (χ4v) is 5.57. The van der Waals surface area contributed by atoms with Gasteiger partial charge in [-0.25, -0.2) is 15.0 Å². The third kappa shape index (κ3) is 20.4. The predicted molar refractivity (Wildman–Crippen MR) is 273 cm³/mol. The number of carbonyl (C=O) groups excluding carboxylic acids is 2. The maximum Gasteiger partial charge on any atom is 0.258 e. The minimum Gasteiger partial charge on any atom is -0.470 e. The van der Waals surface area contributed by atoms with Crippen molar-refractivity contribution in [2.75, 3.05) is 27.8 Å². The molecule has 0 saturated carbocycles. The van der Waals surface area contributed by atoms with Crippen molar-refractivity contribution in [3.8, 4) is 5.88 Å². The molecular weight excluding hydrogens is 901 g/mol. The zero-order valence-corrected chi connectivity index (χ0v) is 35.9. The number of nitrogen functional groups attached to an aromatic ring is 3. The molecule has 2 amide bonds. The first kappa shape index (κ1) is 59.2. The number of aryl methyl sites for hydroxylation is 2. The van der Waals surface area contributed by atoms with E-state index in [0.29, 0.717) is 28.2 Å². The smallest absolute Gasteiger partial charge is 0.258 e. The lowest BCUT2D eigenvalue weighted by Gasteiger charge is -2.10. The maximum atomic E-state index is 12.3. The van der Waals surface area contributed by atoms with E-state index in [2.05, 4.69) is 30.6 Å². The Morgan fingerprint density at radius 3 is 1.47 bits per heavy atom. The molecule has 0 aliphatic rings. The van der Waals surface area contributed by atoms with E-state index in [1.54, 1.807) is 42.5 Å². The van der Waals surface area contributed by atoms with E-state index in [1.165, 1.54) is 12.4 Å². The summed E-state index contributed by atoms with van der Waals surface area (Å²) in [6.07, 6.45) is 2.69. The molecule has 0 atom stereocenters. The monoisotopic (exact) mass is 959 g/mol. The highest BCUT2D eigenvalue weighted by atomic mass is 35.5. The first-order valence-electron chi connectivity index (χ1n) is 18.6. The lowest BCUT2D eigenvalue weighted by molar-refractivity contribution is 0.101. The number of halogens is 3. The fourth-order valence-electron chi connectivity index (χ4n) is 5.13. The van der Waals surface area contributed by atoms with Crippen molar-refractivity contribution < 1.29 is 24.5 Å². The van der Waals surface area contributed by atoms with E-state index in [-0.39, 0.29) is 94.3 Å². The van der Waals surface area contributed by atoms with Crippen molar-refractivity contribution in [3.63, 3.8) is 0 Å². The first-order valence-corrected chi connectivity index (χ1v) is 19.7. The van der Waals surface area contributed by atoms with Crippen LogP contribution in [0.2, 0.25) is 15.5 Å². The Kier molecular flexibility index (Phi) is 27.2. The molecule has 0 unspecified atom stereocenters. The minimum atomic E-state index is -0.170. The molecule has 7 rings (SSSR count). The van der Waals surface area contributed by atoms with Crippen molar-refractivity contribution in [1.29, 1.82) is 0 Å². The first-order chi connectivity index (χ1) is 29.7. The van der Waals surface area contributed by atoms with Gasteiger partial charge in [0.1, 0.15) is 11.8 Å². The topological polar surface area (TPSA) is 238 Å². The number of nitrogens with zero attached hydrogens (tertiary/aromatic N) is 4. The van der Waals surface area contributed by atoms with Crippen molar-refractivity contribution in [2.45, 2.75) is 63.4 Å². The van der Waals surface area contributed by atoms with Crippen LogP contribution in [0.3, 0.4) is 0 Å². The van der Waals surface area contributed by atoms with Crippen LogP contribution in [-0.4, -0.2) is 42.0 Å². The number of hydrogen-bond donors (Lipinski definition) is 7. The molecule has 0 aliphatic carbocycles. The molecule has 0 spiro atoms. The second kappa shape index (κ2) is 30.3. The summed E-state index contributed by atoms with van der Waals surface area (Å²) in [4.78, 5) is 39.5. The zero-order chi connectivity index (χ0) is 45.0. The van der Waals surface area contributed by atoms with Gasteiger partial charge in [-0.2, -0.15) is 4.98 Å². The quantitative estimate of drug-likeness (QED) is 0.0669. The summed E-state index contributed by atoms with van der Waals surface area (Å²) in [6, 6.07) is 36.5. The molecule has 0 bridgehead atoms. The predicted octanol–water partition coefficient (Wildman–Crippen LogP) is 11.3. The van der Waals surface area contributed by atoms with Gasteiger partial charge in [0.15, 0.2) is 21.9 Å². The molecular formula is C49H60Cl3N9O5. The number of hydrogen-bond acceptors (Lipinski definition) is 12. The van der Waals surface area contributed by atoms with Crippen LogP contribution >= 0.6 is 34.8 Å². The van der Waals surface area contributed by atoms with Gasteiger partial charge >= 0.3 is 0 Å². The molecule has 2 aromatic heterocycles.